The Kier molecular flexibility index (Phi) is 4.45. The number of benzene rings is 1. The maximum Gasteiger partial charge on any atom is 0.243 e. The molecule has 1 aromatic carbocycles. The Bertz CT molecular complexity index is 706. The van der Waals surface area contributed by atoms with Gasteiger partial charge in [-0.05, 0) is 43.0 Å². The van der Waals surface area contributed by atoms with Crippen molar-refractivity contribution in [2.24, 2.45) is 11.8 Å². The van der Waals surface area contributed by atoms with Gasteiger partial charge in [0.2, 0.25) is 10.0 Å². The van der Waals surface area contributed by atoms with E-state index in [2.05, 4.69) is 13.8 Å². The number of piperidine rings is 1. The Hall–Kier alpha value is -1.42. The summed E-state index contributed by atoms with van der Waals surface area (Å²) in [6.45, 7) is 5.41. The van der Waals surface area contributed by atoms with Gasteiger partial charge in [-0.2, -0.15) is 9.57 Å². The quantitative estimate of drug-likeness (QED) is 0.829. The third-order valence-electron chi connectivity index (χ3n) is 4.67. The average Bonchev–Trinajstić information content (AvgIpc) is 3.10. The molecular formula is C17H22N2O3S. The molecule has 3 atom stereocenters. The molecule has 0 N–H and O–H groups in total. The number of nitrogens with zero attached hydrogens (tertiary/aromatic N) is 2. The van der Waals surface area contributed by atoms with Gasteiger partial charge in [-0.1, -0.05) is 13.8 Å². The lowest BCUT2D eigenvalue weighted by molar-refractivity contribution is 0.0182. The van der Waals surface area contributed by atoms with Crippen LogP contribution in [-0.4, -0.2) is 38.0 Å². The molecule has 0 amide bonds. The molecule has 1 saturated heterocycles. The van der Waals surface area contributed by atoms with Crippen LogP contribution in [0.15, 0.2) is 29.2 Å². The van der Waals surface area contributed by atoms with Crippen LogP contribution in [0.1, 0.15) is 32.3 Å². The molecule has 0 radical (unpaired) electrons. The second-order valence-corrected chi connectivity index (χ2v) is 8.70. The molecule has 23 heavy (non-hydrogen) atoms. The Balaban J connectivity index is 1.80. The molecule has 124 valence electrons. The van der Waals surface area contributed by atoms with Crippen molar-refractivity contribution in [1.29, 1.82) is 5.26 Å². The average molecular weight is 334 g/mol. The highest BCUT2D eigenvalue weighted by molar-refractivity contribution is 7.89. The smallest absolute Gasteiger partial charge is 0.243 e. The van der Waals surface area contributed by atoms with Gasteiger partial charge in [0.1, 0.15) is 0 Å². The molecular weight excluding hydrogens is 312 g/mol. The standard InChI is InChI=1S/C17H22N2O3S/c1-12(2)11-22-17-14-5-8-16(17)19(10-14)23(20,21)15-6-3-13(9-18)4-7-15/h3-4,6-7,12,14,16-17H,5,8,10-11H2,1-2H3. The molecule has 6 heteroatoms. The number of sulfonamides is 1. The van der Waals surface area contributed by atoms with Crippen LogP contribution in [0.5, 0.6) is 0 Å². The molecule has 0 aromatic heterocycles. The third kappa shape index (κ3) is 3.01. The normalized spacial score (nSPS) is 27.5. The first-order chi connectivity index (χ1) is 10.9. The van der Waals surface area contributed by atoms with E-state index in [0.717, 1.165) is 12.8 Å². The van der Waals surface area contributed by atoms with E-state index < -0.39 is 10.0 Å². The van der Waals surface area contributed by atoms with Crippen LogP contribution in [0, 0.1) is 23.2 Å². The van der Waals surface area contributed by atoms with Gasteiger partial charge in [0.05, 0.1) is 28.7 Å². The maximum atomic E-state index is 12.9. The van der Waals surface area contributed by atoms with Gasteiger partial charge < -0.3 is 4.74 Å². The minimum absolute atomic E-state index is 0.0190. The summed E-state index contributed by atoms with van der Waals surface area (Å²) in [6, 6.07) is 8.09. The van der Waals surface area contributed by atoms with Crippen molar-refractivity contribution in [3.63, 3.8) is 0 Å². The van der Waals surface area contributed by atoms with Gasteiger partial charge >= 0.3 is 0 Å². The van der Waals surface area contributed by atoms with Gasteiger partial charge in [0.15, 0.2) is 0 Å². The molecule has 1 aliphatic carbocycles. The van der Waals surface area contributed by atoms with Gasteiger partial charge in [0.25, 0.3) is 0 Å². The summed E-state index contributed by atoms with van der Waals surface area (Å²) < 4.78 is 33.4. The largest absolute Gasteiger partial charge is 0.376 e. The molecule has 3 rings (SSSR count). The zero-order valence-electron chi connectivity index (χ0n) is 13.5. The van der Waals surface area contributed by atoms with Crippen LogP contribution >= 0.6 is 0 Å². The molecule has 1 aliphatic heterocycles. The number of hydrogen-bond donors (Lipinski definition) is 0. The van der Waals surface area contributed by atoms with Gasteiger partial charge in [-0.25, -0.2) is 8.42 Å². The summed E-state index contributed by atoms with van der Waals surface area (Å²) in [5.41, 5.74) is 0.463. The number of hydrogen-bond acceptors (Lipinski definition) is 4. The Labute approximate surface area is 137 Å². The number of rotatable bonds is 5. The van der Waals surface area contributed by atoms with Crippen LogP contribution in [-0.2, 0) is 14.8 Å². The van der Waals surface area contributed by atoms with Crippen LogP contribution in [0.3, 0.4) is 0 Å². The molecule has 1 saturated carbocycles. The SMILES string of the molecule is CC(C)COC1C2CCC1N(S(=O)(=O)c1ccc(C#N)cc1)C2. The lowest BCUT2D eigenvalue weighted by Gasteiger charge is -2.26. The third-order valence-corrected chi connectivity index (χ3v) is 6.58. The fourth-order valence-corrected chi connectivity index (χ4v) is 5.28. The van der Waals surface area contributed by atoms with Crippen LogP contribution in [0.2, 0.25) is 0 Å². The molecule has 2 fully saturated rings. The maximum absolute atomic E-state index is 12.9. The van der Waals surface area contributed by atoms with Gasteiger partial charge in [0, 0.05) is 19.1 Å². The van der Waals surface area contributed by atoms with Crippen molar-refractivity contribution in [3.05, 3.63) is 29.8 Å². The predicted octanol–water partition coefficient (Wildman–Crippen LogP) is 2.38. The fourth-order valence-electron chi connectivity index (χ4n) is 3.56. The van der Waals surface area contributed by atoms with E-state index in [1.807, 2.05) is 6.07 Å². The summed E-state index contributed by atoms with van der Waals surface area (Å²) in [5.74, 6) is 0.741. The van der Waals surface area contributed by atoms with Crippen molar-refractivity contribution in [1.82, 2.24) is 4.31 Å². The highest BCUT2D eigenvalue weighted by atomic mass is 32.2. The van der Waals surface area contributed by atoms with Crippen LogP contribution < -0.4 is 0 Å². The molecule has 2 aliphatic rings. The number of ether oxygens (including phenoxy) is 1. The van der Waals surface area contributed by atoms with E-state index in [-0.39, 0.29) is 17.0 Å². The zero-order valence-corrected chi connectivity index (χ0v) is 14.3. The van der Waals surface area contributed by atoms with Crippen molar-refractivity contribution in [2.45, 2.75) is 43.7 Å². The van der Waals surface area contributed by atoms with E-state index in [1.54, 1.807) is 16.4 Å². The summed E-state index contributed by atoms with van der Waals surface area (Å²) >= 11 is 0. The first-order valence-corrected chi connectivity index (χ1v) is 9.51. The number of nitriles is 1. The minimum atomic E-state index is -3.52. The van der Waals surface area contributed by atoms with E-state index in [0.29, 0.717) is 30.6 Å². The second-order valence-electron chi connectivity index (χ2n) is 6.81. The van der Waals surface area contributed by atoms with Gasteiger partial charge in [-0.3, -0.25) is 0 Å². The van der Waals surface area contributed by atoms with Crippen LogP contribution in [0.25, 0.3) is 0 Å². The Morgan fingerprint density at radius 2 is 2.00 bits per heavy atom. The minimum Gasteiger partial charge on any atom is -0.376 e. The first kappa shape index (κ1) is 16.4. The first-order valence-electron chi connectivity index (χ1n) is 8.07. The van der Waals surface area contributed by atoms with E-state index in [9.17, 15) is 8.42 Å². The van der Waals surface area contributed by atoms with E-state index in [1.165, 1.54) is 12.1 Å². The molecule has 5 nitrogen and oxygen atoms in total. The summed E-state index contributed by atoms with van der Waals surface area (Å²) in [7, 11) is -3.52. The van der Waals surface area contributed by atoms with Crippen molar-refractivity contribution in [3.8, 4) is 6.07 Å². The molecule has 0 spiro atoms. The highest BCUT2D eigenvalue weighted by Crippen LogP contribution is 2.42. The van der Waals surface area contributed by atoms with Gasteiger partial charge in [-0.15, -0.1) is 0 Å². The number of fused-ring (bicyclic) bond motifs is 2. The summed E-state index contributed by atoms with van der Waals surface area (Å²) in [5, 5.41) is 8.84. The van der Waals surface area contributed by atoms with E-state index >= 15 is 0 Å². The monoisotopic (exact) mass is 334 g/mol. The molecule has 3 unspecified atom stereocenters. The van der Waals surface area contributed by atoms with Crippen molar-refractivity contribution >= 4 is 10.0 Å². The Morgan fingerprint density at radius 3 is 2.61 bits per heavy atom. The molecule has 1 heterocycles. The topological polar surface area (TPSA) is 70.4 Å². The lowest BCUT2D eigenvalue weighted by atomic mass is 10.1. The fraction of sp³-hybridized carbons (Fsp3) is 0.588. The van der Waals surface area contributed by atoms with Crippen LogP contribution in [0.4, 0.5) is 0 Å². The molecule has 1 aromatic rings. The second kappa shape index (κ2) is 6.23. The Morgan fingerprint density at radius 1 is 1.30 bits per heavy atom. The predicted molar refractivity (Wildman–Crippen MR) is 86.1 cm³/mol. The summed E-state index contributed by atoms with van der Waals surface area (Å²) in [6.07, 6.45) is 1.92. The molecule has 2 bridgehead atoms. The van der Waals surface area contributed by atoms with E-state index in [4.69, 9.17) is 10.00 Å². The summed E-state index contributed by atoms with van der Waals surface area (Å²) in [4.78, 5) is 0.256. The van der Waals surface area contributed by atoms with Crippen molar-refractivity contribution < 1.29 is 13.2 Å². The highest BCUT2D eigenvalue weighted by Gasteiger charge is 2.52. The zero-order chi connectivity index (χ0) is 16.6. The van der Waals surface area contributed by atoms with Crippen molar-refractivity contribution in [2.75, 3.05) is 13.2 Å². The lowest BCUT2D eigenvalue weighted by Crippen LogP contribution is -2.40.